The Morgan fingerprint density at radius 1 is 1.00 bits per heavy atom. The summed E-state index contributed by atoms with van der Waals surface area (Å²) in [7, 11) is 0. The molecule has 1 aromatic heterocycles. The first-order valence-corrected chi connectivity index (χ1v) is 8.68. The molecular formula is C19H28N4. The summed E-state index contributed by atoms with van der Waals surface area (Å²) >= 11 is 0. The molecular weight excluding hydrogens is 284 g/mol. The maximum Gasteiger partial charge on any atom is 0.134 e. The van der Waals surface area contributed by atoms with E-state index in [4.69, 9.17) is 0 Å². The van der Waals surface area contributed by atoms with E-state index in [0.29, 0.717) is 0 Å². The van der Waals surface area contributed by atoms with Gasteiger partial charge < -0.3 is 10.2 Å². The SMILES string of the molecule is CCCN(CCC)c1cc(NCCCc2ccccc2)ncn1. The molecule has 0 aliphatic rings. The highest BCUT2D eigenvalue weighted by atomic mass is 15.2. The van der Waals surface area contributed by atoms with Crippen LogP contribution in [-0.4, -0.2) is 29.6 Å². The summed E-state index contributed by atoms with van der Waals surface area (Å²) in [6.45, 7) is 7.41. The van der Waals surface area contributed by atoms with Gasteiger partial charge in [0, 0.05) is 25.7 Å². The Morgan fingerprint density at radius 2 is 1.74 bits per heavy atom. The van der Waals surface area contributed by atoms with Crippen LogP contribution in [0.5, 0.6) is 0 Å². The zero-order valence-corrected chi connectivity index (χ0v) is 14.3. The first-order chi connectivity index (χ1) is 11.3. The zero-order chi connectivity index (χ0) is 16.3. The van der Waals surface area contributed by atoms with Crippen LogP contribution in [0.15, 0.2) is 42.7 Å². The molecule has 2 rings (SSSR count). The molecule has 0 saturated carbocycles. The fourth-order valence-corrected chi connectivity index (χ4v) is 2.65. The van der Waals surface area contributed by atoms with Crippen LogP contribution in [0.4, 0.5) is 11.6 Å². The third-order valence-corrected chi connectivity index (χ3v) is 3.75. The quantitative estimate of drug-likeness (QED) is 0.669. The van der Waals surface area contributed by atoms with E-state index in [1.165, 1.54) is 5.56 Å². The monoisotopic (exact) mass is 312 g/mol. The van der Waals surface area contributed by atoms with E-state index in [-0.39, 0.29) is 0 Å². The molecule has 4 heteroatoms. The molecule has 0 aliphatic heterocycles. The predicted octanol–water partition coefficient (Wildman–Crippen LogP) is 4.15. The molecule has 1 aromatic carbocycles. The van der Waals surface area contributed by atoms with Crippen molar-refractivity contribution in [2.75, 3.05) is 29.9 Å². The molecule has 2 aromatic rings. The number of nitrogens with zero attached hydrogens (tertiary/aromatic N) is 3. The number of anilines is 2. The molecule has 0 spiro atoms. The van der Waals surface area contributed by atoms with Gasteiger partial charge >= 0.3 is 0 Å². The largest absolute Gasteiger partial charge is 0.370 e. The first kappa shape index (κ1) is 17.3. The minimum Gasteiger partial charge on any atom is -0.370 e. The summed E-state index contributed by atoms with van der Waals surface area (Å²) in [4.78, 5) is 11.1. The maximum absolute atomic E-state index is 4.43. The van der Waals surface area contributed by atoms with Crippen LogP contribution in [0.1, 0.15) is 38.7 Å². The van der Waals surface area contributed by atoms with Crippen molar-refractivity contribution in [2.45, 2.75) is 39.5 Å². The second kappa shape index (κ2) is 9.82. The minimum atomic E-state index is 0.917. The molecule has 23 heavy (non-hydrogen) atoms. The first-order valence-electron chi connectivity index (χ1n) is 8.68. The second-order valence-corrected chi connectivity index (χ2v) is 5.76. The average molecular weight is 312 g/mol. The highest BCUT2D eigenvalue weighted by Gasteiger charge is 2.07. The molecule has 1 heterocycles. The third kappa shape index (κ3) is 5.89. The maximum atomic E-state index is 4.43. The molecule has 1 N–H and O–H groups in total. The molecule has 0 bridgehead atoms. The molecule has 0 fully saturated rings. The van der Waals surface area contributed by atoms with E-state index in [9.17, 15) is 0 Å². The topological polar surface area (TPSA) is 41.0 Å². The molecule has 0 unspecified atom stereocenters. The van der Waals surface area contributed by atoms with Gasteiger partial charge in [0.25, 0.3) is 0 Å². The summed E-state index contributed by atoms with van der Waals surface area (Å²) in [5.41, 5.74) is 1.38. The zero-order valence-electron chi connectivity index (χ0n) is 14.3. The summed E-state index contributed by atoms with van der Waals surface area (Å²) in [6, 6.07) is 12.7. The number of hydrogen-bond acceptors (Lipinski definition) is 4. The lowest BCUT2D eigenvalue weighted by molar-refractivity contribution is 0.732. The predicted molar refractivity (Wildman–Crippen MR) is 98.1 cm³/mol. The molecule has 0 radical (unpaired) electrons. The van der Waals surface area contributed by atoms with Crippen LogP contribution in [-0.2, 0) is 6.42 Å². The summed E-state index contributed by atoms with van der Waals surface area (Å²) in [5, 5.41) is 3.42. The smallest absolute Gasteiger partial charge is 0.134 e. The molecule has 124 valence electrons. The van der Waals surface area contributed by atoms with Crippen LogP contribution in [0.25, 0.3) is 0 Å². The summed E-state index contributed by atoms with van der Waals surface area (Å²) < 4.78 is 0. The van der Waals surface area contributed by atoms with Gasteiger partial charge in [-0.15, -0.1) is 0 Å². The van der Waals surface area contributed by atoms with E-state index in [1.54, 1.807) is 6.33 Å². The van der Waals surface area contributed by atoms with Gasteiger partial charge in [0.1, 0.15) is 18.0 Å². The summed E-state index contributed by atoms with van der Waals surface area (Å²) in [6.07, 6.45) is 6.10. The fourth-order valence-electron chi connectivity index (χ4n) is 2.65. The van der Waals surface area contributed by atoms with E-state index in [1.807, 2.05) is 0 Å². The van der Waals surface area contributed by atoms with Crippen molar-refractivity contribution in [3.63, 3.8) is 0 Å². The van der Waals surface area contributed by atoms with Crippen LogP contribution in [0.3, 0.4) is 0 Å². The van der Waals surface area contributed by atoms with Gasteiger partial charge in [-0.05, 0) is 31.2 Å². The van der Waals surface area contributed by atoms with Crippen molar-refractivity contribution in [3.8, 4) is 0 Å². The third-order valence-electron chi connectivity index (χ3n) is 3.75. The van der Waals surface area contributed by atoms with Gasteiger partial charge in [0.15, 0.2) is 0 Å². The highest BCUT2D eigenvalue weighted by Crippen LogP contribution is 2.15. The van der Waals surface area contributed by atoms with Crippen LogP contribution in [0.2, 0.25) is 0 Å². The highest BCUT2D eigenvalue weighted by molar-refractivity contribution is 5.48. The van der Waals surface area contributed by atoms with Gasteiger partial charge in [-0.3, -0.25) is 0 Å². The number of benzene rings is 1. The van der Waals surface area contributed by atoms with E-state index in [0.717, 1.165) is 57.0 Å². The minimum absolute atomic E-state index is 0.917. The lowest BCUT2D eigenvalue weighted by Gasteiger charge is -2.22. The Balaban J connectivity index is 1.84. The van der Waals surface area contributed by atoms with Crippen molar-refractivity contribution in [1.82, 2.24) is 9.97 Å². The van der Waals surface area contributed by atoms with Crippen molar-refractivity contribution in [1.29, 1.82) is 0 Å². The molecule has 0 aliphatic carbocycles. The van der Waals surface area contributed by atoms with E-state index < -0.39 is 0 Å². The molecule has 4 nitrogen and oxygen atoms in total. The number of nitrogens with one attached hydrogen (secondary N) is 1. The van der Waals surface area contributed by atoms with E-state index in [2.05, 4.69) is 70.4 Å². The Hall–Kier alpha value is -2.10. The van der Waals surface area contributed by atoms with Crippen molar-refractivity contribution < 1.29 is 0 Å². The van der Waals surface area contributed by atoms with Crippen LogP contribution in [0, 0.1) is 0 Å². The lowest BCUT2D eigenvalue weighted by atomic mass is 10.1. The van der Waals surface area contributed by atoms with Crippen LogP contribution < -0.4 is 10.2 Å². The number of rotatable bonds is 10. The molecule has 0 atom stereocenters. The Labute approximate surface area is 140 Å². The van der Waals surface area contributed by atoms with Crippen molar-refractivity contribution >= 4 is 11.6 Å². The molecule has 0 amide bonds. The Bertz CT molecular complexity index is 550. The standard InChI is InChI=1S/C19H28N4/c1-3-13-23(14-4-2)19-15-18(21-16-22-19)20-12-8-11-17-9-6-5-7-10-17/h5-7,9-10,15-16H,3-4,8,11-14H2,1-2H3,(H,20,21,22). The van der Waals surface area contributed by atoms with Gasteiger partial charge in [0.2, 0.25) is 0 Å². The molecule has 0 saturated heterocycles. The van der Waals surface area contributed by atoms with Crippen molar-refractivity contribution in [2.24, 2.45) is 0 Å². The van der Waals surface area contributed by atoms with Gasteiger partial charge in [-0.25, -0.2) is 9.97 Å². The second-order valence-electron chi connectivity index (χ2n) is 5.76. The average Bonchev–Trinajstić information content (AvgIpc) is 2.60. The lowest BCUT2D eigenvalue weighted by Crippen LogP contribution is -2.26. The number of aryl methyl sites for hydroxylation is 1. The summed E-state index contributed by atoms with van der Waals surface area (Å²) in [5.74, 6) is 1.94. The van der Waals surface area contributed by atoms with Gasteiger partial charge in [0.05, 0.1) is 0 Å². The van der Waals surface area contributed by atoms with Crippen molar-refractivity contribution in [3.05, 3.63) is 48.3 Å². The van der Waals surface area contributed by atoms with Crippen LogP contribution >= 0.6 is 0 Å². The Kier molecular flexibility index (Phi) is 7.37. The number of aromatic nitrogens is 2. The number of hydrogen-bond donors (Lipinski definition) is 1. The Morgan fingerprint density at radius 3 is 2.43 bits per heavy atom. The normalized spacial score (nSPS) is 10.5. The fraction of sp³-hybridized carbons (Fsp3) is 0.474. The van der Waals surface area contributed by atoms with E-state index >= 15 is 0 Å². The van der Waals surface area contributed by atoms with Gasteiger partial charge in [-0.1, -0.05) is 44.2 Å². The van der Waals surface area contributed by atoms with Gasteiger partial charge in [-0.2, -0.15) is 0 Å².